The Morgan fingerprint density at radius 3 is 2.13 bits per heavy atom. The van der Waals surface area contributed by atoms with Crippen molar-refractivity contribution in [2.45, 2.75) is 43.9 Å². The van der Waals surface area contributed by atoms with Crippen molar-refractivity contribution in [1.29, 1.82) is 0 Å². The first-order valence-corrected chi connectivity index (χ1v) is 12.6. The number of hydrogen-bond acceptors (Lipinski definition) is 7. The van der Waals surface area contributed by atoms with Crippen molar-refractivity contribution >= 4 is 47.2 Å². The molecular formula is C26H31N5O6S. The number of fused-ring (bicyclic) bond motifs is 1. The number of nitrogens with two attached hydrogens (primary N) is 1. The van der Waals surface area contributed by atoms with Gasteiger partial charge in [0.2, 0.25) is 17.7 Å². The zero-order chi connectivity index (χ0) is 27.8. The van der Waals surface area contributed by atoms with Gasteiger partial charge in [-0.2, -0.15) is 12.6 Å². The molecule has 0 saturated carbocycles. The average Bonchev–Trinajstić information content (AvgIpc) is 3.30. The van der Waals surface area contributed by atoms with E-state index >= 15 is 0 Å². The number of phenols is 1. The Hall–Kier alpha value is -4.03. The number of rotatable bonds is 12. The van der Waals surface area contributed by atoms with Gasteiger partial charge in [0.1, 0.15) is 23.9 Å². The van der Waals surface area contributed by atoms with Gasteiger partial charge in [-0.05, 0) is 36.2 Å². The van der Waals surface area contributed by atoms with Crippen LogP contribution in [0.25, 0.3) is 10.9 Å². The average molecular weight is 542 g/mol. The summed E-state index contributed by atoms with van der Waals surface area (Å²) in [5.41, 5.74) is 7.73. The number of para-hydroxylation sites is 1. The maximum Gasteiger partial charge on any atom is 0.326 e. The SMILES string of the molecule is CC(N)C(=O)NC(CS)C(=O)NC(Cc1c[nH]c2ccccc12)C(=O)NC(Cc1ccc(O)cc1)C(=O)O. The first-order chi connectivity index (χ1) is 18.1. The fourth-order valence-electron chi connectivity index (χ4n) is 3.84. The summed E-state index contributed by atoms with van der Waals surface area (Å²) in [7, 11) is 0. The molecule has 3 rings (SSSR count). The standard InChI is InChI=1S/C26H31N5O6S/c1-14(27)23(33)31-22(13-38)25(35)29-20(11-16-12-28-19-5-3-2-4-18(16)19)24(34)30-21(26(36)37)10-15-6-8-17(32)9-7-15/h2-9,12,14,20-22,28,32,38H,10-11,13,27H2,1H3,(H,29,35)(H,30,34)(H,31,33)(H,36,37). The van der Waals surface area contributed by atoms with E-state index in [1.54, 1.807) is 18.3 Å². The zero-order valence-electron chi connectivity index (χ0n) is 20.7. The van der Waals surface area contributed by atoms with Crippen molar-refractivity contribution in [3.05, 3.63) is 65.9 Å². The Balaban J connectivity index is 1.83. The van der Waals surface area contributed by atoms with E-state index in [0.717, 1.165) is 16.5 Å². The smallest absolute Gasteiger partial charge is 0.326 e. The van der Waals surface area contributed by atoms with Crippen molar-refractivity contribution in [2.75, 3.05) is 5.75 Å². The Kier molecular flexibility index (Phi) is 9.74. The van der Waals surface area contributed by atoms with Gasteiger partial charge in [0.25, 0.3) is 0 Å². The van der Waals surface area contributed by atoms with E-state index in [2.05, 4.69) is 33.6 Å². The molecule has 12 heteroatoms. The maximum atomic E-state index is 13.4. The lowest BCUT2D eigenvalue weighted by Crippen LogP contribution is -2.58. The summed E-state index contributed by atoms with van der Waals surface area (Å²) in [5, 5.41) is 27.7. The van der Waals surface area contributed by atoms with Gasteiger partial charge in [0.15, 0.2) is 0 Å². The number of carboxylic acid groups (broad SMARTS) is 1. The Labute approximate surface area is 224 Å². The monoisotopic (exact) mass is 541 g/mol. The number of benzene rings is 2. The highest BCUT2D eigenvalue weighted by molar-refractivity contribution is 7.80. The number of aromatic nitrogens is 1. The van der Waals surface area contributed by atoms with Gasteiger partial charge in [-0.1, -0.05) is 30.3 Å². The first-order valence-electron chi connectivity index (χ1n) is 11.9. The van der Waals surface area contributed by atoms with Gasteiger partial charge < -0.3 is 36.9 Å². The van der Waals surface area contributed by atoms with E-state index in [-0.39, 0.29) is 24.3 Å². The predicted octanol–water partition coefficient (Wildman–Crippen LogP) is 0.475. The van der Waals surface area contributed by atoms with Crippen LogP contribution in [0.3, 0.4) is 0 Å². The molecule has 4 atom stereocenters. The number of H-pyrrole nitrogens is 1. The topological polar surface area (TPSA) is 187 Å². The van der Waals surface area contributed by atoms with Gasteiger partial charge >= 0.3 is 5.97 Å². The van der Waals surface area contributed by atoms with Crippen molar-refractivity contribution < 1.29 is 29.4 Å². The third-order valence-electron chi connectivity index (χ3n) is 5.95. The molecular weight excluding hydrogens is 510 g/mol. The summed E-state index contributed by atoms with van der Waals surface area (Å²) in [6.45, 7) is 1.47. The molecule has 0 spiro atoms. The normalized spacial score (nSPS) is 14.2. The third kappa shape index (κ3) is 7.49. The van der Waals surface area contributed by atoms with E-state index in [4.69, 9.17) is 5.73 Å². The number of aromatic amines is 1. The predicted molar refractivity (Wildman–Crippen MR) is 145 cm³/mol. The van der Waals surface area contributed by atoms with Gasteiger partial charge in [-0.15, -0.1) is 0 Å². The molecule has 3 aromatic rings. The summed E-state index contributed by atoms with van der Waals surface area (Å²) in [5.74, 6) is -3.23. The van der Waals surface area contributed by atoms with E-state index in [0.29, 0.717) is 5.56 Å². The molecule has 4 unspecified atom stereocenters. The van der Waals surface area contributed by atoms with Gasteiger partial charge in [0.05, 0.1) is 6.04 Å². The summed E-state index contributed by atoms with van der Waals surface area (Å²) in [4.78, 5) is 53.5. The number of carbonyl (C=O) groups is 4. The summed E-state index contributed by atoms with van der Waals surface area (Å²) >= 11 is 4.14. The molecule has 1 heterocycles. The van der Waals surface area contributed by atoms with Crippen molar-refractivity contribution in [1.82, 2.24) is 20.9 Å². The lowest BCUT2D eigenvalue weighted by atomic mass is 10.0. The van der Waals surface area contributed by atoms with E-state index in [1.807, 2.05) is 24.3 Å². The van der Waals surface area contributed by atoms with Gasteiger partial charge in [0, 0.05) is 35.7 Å². The Morgan fingerprint density at radius 1 is 0.895 bits per heavy atom. The quantitative estimate of drug-likeness (QED) is 0.153. The summed E-state index contributed by atoms with van der Waals surface area (Å²) in [6.07, 6.45) is 1.72. The number of amides is 3. The van der Waals surface area contributed by atoms with E-state index < -0.39 is 47.9 Å². The molecule has 1 aromatic heterocycles. The largest absolute Gasteiger partial charge is 0.508 e. The Morgan fingerprint density at radius 2 is 1.50 bits per heavy atom. The summed E-state index contributed by atoms with van der Waals surface area (Å²) in [6, 6.07) is 8.99. The molecule has 0 aliphatic heterocycles. The van der Waals surface area contributed by atoms with Crippen LogP contribution in [-0.4, -0.2) is 68.8 Å². The number of carboxylic acids is 1. The number of aromatic hydroxyl groups is 1. The molecule has 3 amide bonds. The van der Waals surface area contributed by atoms with Crippen LogP contribution in [0.4, 0.5) is 0 Å². The molecule has 38 heavy (non-hydrogen) atoms. The van der Waals surface area contributed by atoms with Crippen LogP contribution in [0.15, 0.2) is 54.7 Å². The van der Waals surface area contributed by atoms with Crippen LogP contribution in [0, 0.1) is 0 Å². The molecule has 0 fully saturated rings. The molecule has 0 bridgehead atoms. The second kappa shape index (κ2) is 13.0. The molecule has 0 radical (unpaired) electrons. The maximum absolute atomic E-state index is 13.4. The van der Waals surface area contributed by atoms with Crippen LogP contribution in [0.5, 0.6) is 5.75 Å². The number of carbonyl (C=O) groups excluding carboxylic acids is 3. The molecule has 0 aliphatic rings. The first kappa shape index (κ1) is 28.5. The van der Waals surface area contributed by atoms with Gasteiger partial charge in [-0.3, -0.25) is 14.4 Å². The van der Waals surface area contributed by atoms with E-state index in [9.17, 15) is 29.4 Å². The van der Waals surface area contributed by atoms with Crippen LogP contribution >= 0.6 is 12.6 Å². The number of phenolic OH excluding ortho intramolecular Hbond substituents is 1. The fourth-order valence-corrected chi connectivity index (χ4v) is 4.10. The number of hydrogen-bond donors (Lipinski definition) is 8. The highest BCUT2D eigenvalue weighted by Crippen LogP contribution is 2.19. The summed E-state index contributed by atoms with van der Waals surface area (Å²) < 4.78 is 0. The molecule has 8 N–H and O–H groups in total. The fraction of sp³-hybridized carbons (Fsp3) is 0.308. The van der Waals surface area contributed by atoms with Crippen molar-refractivity contribution in [2.24, 2.45) is 5.73 Å². The van der Waals surface area contributed by atoms with Crippen molar-refractivity contribution in [3.63, 3.8) is 0 Å². The number of thiol groups is 1. The highest BCUT2D eigenvalue weighted by Gasteiger charge is 2.30. The third-order valence-corrected chi connectivity index (χ3v) is 6.32. The second-order valence-electron chi connectivity index (χ2n) is 8.93. The number of aliphatic carboxylic acids is 1. The molecule has 11 nitrogen and oxygen atoms in total. The molecule has 0 aliphatic carbocycles. The molecule has 0 saturated heterocycles. The van der Waals surface area contributed by atoms with Crippen LogP contribution in [-0.2, 0) is 32.0 Å². The minimum atomic E-state index is -1.30. The van der Waals surface area contributed by atoms with Gasteiger partial charge in [-0.25, -0.2) is 4.79 Å². The lowest BCUT2D eigenvalue weighted by Gasteiger charge is -2.24. The minimum Gasteiger partial charge on any atom is -0.508 e. The molecule has 202 valence electrons. The van der Waals surface area contributed by atoms with Crippen molar-refractivity contribution in [3.8, 4) is 5.75 Å². The van der Waals surface area contributed by atoms with Crippen LogP contribution in [0.1, 0.15) is 18.1 Å². The Bertz CT molecular complexity index is 1290. The van der Waals surface area contributed by atoms with Crippen LogP contribution < -0.4 is 21.7 Å². The highest BCUT2D eigenvalue weighted by atomic mass is 32.1. The second-order valence-corrected chi connectivity index (χ2v) is 9.29. The van der Waals surface area contributed by atoms with E-state index in [1.165, 1.54) is 19.1 Å². The number of nitrogens with one attached hydrogen (secondary N) is 4. The van der Waals surface area contributed by atoms with Crippen LogP contribution in [0.2, 0.25) is 0 Å². The molecule has 2 aromatic carbocycles. The minimum absolute atomic E-state index is 0.0287. The lowest BCUT2D eigenvalue weighted by molar-refractivity contribution is -0.142. The zero-order valence-corrected chi connectivity index (χ0v) is 21.6.